The highest BCUT2D eigenvalue weighted by Gasteiger charge is 2.26. The molecule has 4 aromatic rings. The molecule has 5 heteroatoms. The Morgan fingerprint density at radius 2 is 1.52 bits per heavy atom. The molecule has 0 aliphatic heterocycles. The van der Waals surface area contributed by atoms with Crippen LogP contribution in [0.5, 0.6) is 0 Å². The molecule has 0 spiro atoms. The predicted molar refractivity (Wildman–Crippen MR) is 134 cm³/mol. The van der Waals surface area contributed by atoms with E-state index in [2.05, 4.69) is 34.1 Å². The van der Waals surface area contributed by atoms with E-state index in [1.807, 2.05) is 83.8 Å². The van der Waals surface area contributed by atoms with E-state index in [1.165, 1.54) is 5.56 Å². The fourth-order valence-corrected chi connectivity index (χ4v) is 4.38. The number of nitrogens with zero attached hydrogens (tertiary/aromatic N) is 2. The Hall–Kier alpha value is -3.70. The predicted octanol–water partition coefficient (Wildman–Crippen LogP) is 6.11. The summed E-state index contributed by atoms with van der Waals surface area (Å²) in [5.74, 6) is -0.101. The second kappa shape index (κ2) is 11.8. The van der Waals surface area contributed by atoms with Gasteiger partial charge in [-0.1, -0.05) is 96.2 Å². The molecule has 4 nitrogen and oxygen atoms in total. The Bertz CT molecular complexity index is 1130. The van der Waals surface area contributed by atoms with Crippen LogP contribution in [0.4, 0.5) is 0 Å². The topological polar surface area (TPSA) is 41.9 Å². The highest BCUT2D eigenvalue weighted by atomic mass is 32.1. The van der Waals surface area contributed by atoms with Gasteiger partial charge < -0.3 is 9.74 Å². The number of thiophene rings is 1. The van der Waals surface area contributed by atoms with Gasteiger partial charge in [-0.05, 0) is 45.5 Å². The van der Waals surface area contributed by atoms with E-state index < -0.39 is 0 Å². The zero-order valence-corrected chi connectivity index (χ0v) is 19.1. The second-order valence-corrected chi connectivity index (χ2v) is 8.47. The average Bonchev–Trinajstić information content (AvgIpc) is 3.41. The van der Waals surface area contributed by atoms with Crippen LogP contribution in [0.3, 0.4) is 0 Å². The minimum absolute atomic E-state index is 0.101. The maximum atomic E-state index is 13.4. The third-order valence-electron chi connectivity index (χ3n) is 5.36. The molecule has 1 atom stereocenters. The van der Waals surface area contributed by atoms with Crippen LogP contribution in [0.25, 0.3) is 0 Å². The van der Waals surface area contributed by atoms with Crippen molar-refractivity contribution in [2.24, 2.45) is 5.16 Å². The summed E-state index contributed by atoms with van der Waals surface area (Å²) in [5, 5.41) is 8.18. The summed E-state index contributed by atoms with van der Waals surface area (Å²) >= 11 is 1.64. The van der Waals surface area contributed by atoms with Gasteiger partial charge in [0, 0.05) is 6.54 Å². The largest absolute Gasteiger partial charge is 0.386 e. The van der Waals surface area contributed by atoms with Crippen molar-refractivity contribution in [3.05, 3.63) is 130 Å². The van der Waals surface area contributed by atoms with E-state index in [1.54, 1.807) is 17.6 Å². The molecule has 0 saturated carbocycles. The van der Waals surface area contributed by atoms with Gasteiger partial charge in [-0.25, -0.2) is 0 Å². The first-order valence-corrected chi connectivity index (χ1v) is 11.8. The lowest BCUT2D eigenvalue weighted by atomic mass is 9.98. The Balaban J connectivity index is 1.55. The fraction of sp³-hybridized carbons (Fsp3) is 0.143. The number of hydrogen-bond donors (Lipinski definition) is 0. The number of oxime groups is 1. The van der Waals surface area contributed by atoms with E-state index in [0.29, 0.717) is 6.54 Å². The monoisotopic (exact) mass is 454 g/mol. The summed E-state index contributed by atoms with van der Waals surface area (Å²) in [6, 6.07) is 32.0. The van der Waals surface area contributed by atoms with Gasteiger partial charge in [0.1, 0.15) is 0 Å². The van der Waals surface area contributed by atoms with Crippen LogP contribution in [0.2, 0.25) is 0 Å². The molecular formula is C28H26N2O2S. The van der Waals surface area contributed by atoms with Crippen LogP contribution >= 0.6 is 11.3 Å². The van der Waals surface area contributed by atoms with Crippen molar-refractivity contribution in [1.82, 2.24) is 4.90 Å². The Labute approximate surface area is 198 Å². The molecular weight excluding hydrogens is 428 g/mol. The standard InChI is InChI=1S/C28H26N2O2S/c31-28(21-32-29-19-24-12-6-2-7-13-24)30(20-25-14-8-3-9-15-25)27(26-16-17-33-22-26)18-23-10-4-1-5-11-23/h1-17,19,22,27H,18,20-21H2/b29-19+/t27-/m0/s1. The van der Waals surface area contributed by atoms with Crippen molar-refractivity contribution < 1.29 is 9.63 Å². The van der Waals surface area contributed by atoms with Gasteiger partial charge in [-0.3, -0.25) is 4.79 Å². The molecule has 4 rings (SSSR count). The molecule has 166 valence electrons. The van der Waals surface area contributed by atoms with Gasteiger partial charge >= 0.3 is 0 Å². The minimum Gasteiger partial charge on any atom is -0.386 e. The summed E-state index contributed by atoms with van der Waals surface area (Å²) < 4.78 is 0. The van der Waals surface area contributed by atoms with E-state index in [9.17, 15) is 4.79 Å². The maximum absolute atomic E-state index is 13.4. The quantitative estimate of drug-likeness (QED) is 0.214. The lowest BCUT2D eigenvalue weighted by Gasteiger charge is -2.32. The molecule has 1 aromatic heterocycles. The molecule has 0 unspecified atom stereocenters. The number of benzene rings is 3. The number of hydrogen-bond acceptors (Lipinski definition) is 4. The van der Waals surface area contributed by atoms with Gasteiger partial charge in [0.05, 0.1) is 12.3 Å². The van der Waals surface area contributed by atoms with Crippen LogP contribution < -0.4 is 0 Å². The second-order valence-electron chi connectivity index (χ2n) is 7.69. The van der Waals surface area contributed by atoms with E-state index in [4.69, 9.17) is 4.84 Å². The van der Waals surface area contributed by atoms with Crippen LogP contribution in [-0.2, 0) is 22.6 Å². The molecule has 0 radical (unpaired) electrons. The molecule has 0 saturated heterocycles. The first-order valence-electron chi connectivity index (χ1n) is 10.9. The molecule has 0 aliphatic rings. The third-order valence-corrected chi connectivity index (χ3v) is 6.06. The Morgan fingerprint density at radius 1 is 0.879 bits per heavy atom. The summed E-state index contributed by atoms with van der Waals surface area (Å²) in [5.41, 5.74) is 4.31. The summed E-state index contributed by atoms with van der Waals surface area (Å²) in [7, 11) is 0. The van der Waals surface area contributed by atoms with Crippen molar-refractivity contribution in [2.75, 3.05) is 6.61 Å². The van der Waals surface area contributed by atoms with Gasteiger partial charge in [-0.2, -0.15) is 11.3 Å². The molecule has 3 aromatic carbocycles. The van der Waals surface area contributed by atoms with Crippen LogP contribution in [0.1, 0.15) is 28.3 Å². The van der Waals surface area contributed by atoms with Crippen molar-refractivity contribution >= 4 is 23.5 Å². The van der Waals surface area contributed by atoms with Gasteiger partial charge in [-0.15, -0.1) is 0 Å². The SMILES string of the molecule is O=C(CO/N=C/c1ccccc1)N(Cc1ccccc1)[C@@H](Cc1ccccc1)c1ccsc1. The fourth-order valence-electron chi connectivity index (χ4n) is 3.67. The molecule has 0 aliphatic carbocycles. The lowest BCUT2D eigenvalue weighted by Crippen LogP contribution is -2.37. The normalized spacial score (nSPS) is 11.9. The van der Waals surface area contributed by atoms with Crippen molar-refractivity contribution in [3.63, 3.8) is 0 Å². The van der Waals surface area contributed by atoms with Gasteiger partial charge in [0.2, 0.25) is 0 Å². The molecule has 0 N–H and O–H groups in total. The lowest BCUT2D eigenvalue weighted by molar-refractivity contribution is -0.139. The Kier molecular flexibility index (Phi) is 8.03. The third kappa shape index (κ3) is 6.64. The van der Waals surface area contributed by atoms with Crippen LogP contribution in [-0.4, -0.2) is 23.6 Å². The smallest absolute Gasteiger partial charge is 0.264 e. The first kappa shape index (κ1) is 22.5. The van der Waals surface area contributed by atoms with Crippen molar-refractivity contribution in [2.45, 2.75) is 19.0 Å². The summed E-state index contributed by atoms with van der Waals surface area (Å²) in [4.78, 5) is 20.7. The average molecular weight is 455 g/mol. The maximum Gasteiger partial charge on any atom is 0.264 e. The summed E-state index contributed by atoms with van der Waals surface area (Å²) in [6.45, 7) is 0.379. The highest BCUT2D eigenvalue weighted by molar-refractivity contribution is 7.08. The first-order chi connectivity index (χ1) is 16.3. The zero-order valence-electron chi connectivity index (χ0n) is 18.3. The highest BCUT2D eigenvalue weighted by Crippen LogP contribution is 2.29. The van der Waals surface area contributed by atoms with Crippen LogP contribution in [0.15, 0.2) is 113 Å². The van der Waals surface area contributed by atoms with E-state index in [0.717, 1.165) is 23.1 Å². The van der Waals surface area contributed by atoms with E-state index in [-0.39, 0.29) is 18.6 Å². The van der Waals surface area contributed by atoms with Crippen molar-refractivity contribution in [1.29, 1.82) is 0 Å². The number of rotatable bonds is 10. The van der Waals surface area contributed by atoms with Crippen molar-refractivity contribution in [3.8, 4) is 0 Å². The number of amides is 1. The Morgan fingerprint density at radius 3 is 2.15 bits per heavy atom. The van der Waals surface area contributed by atoms with Crippen LogP contribution in [0, 0.1) is 0 Å². The minimum atomic E-state index is -0.119. The molecule has 33 heavy (non-hydrogen) atoms. The van der Waals surface area contributed by atoms with Gasteiger partial charge in [0.15, 0.2) is 6.61 Å². The molecule has 0 bridgehead atoms. The number of carbonyl (C=O) groups is 1. The molecule has 1 amide bonds. The zero-order chi connectivity index (χ0) is 22.7. The number of carbonyl (C=O) groups excluding carboxylic acids is 1. The molecule has 0 fully saturated rings. The van der Waals surface area contributed by atoms with E-state index >= 15 is 0 Å². The molecule has 1 heterocycles. The van der Waals surface area contributed by atoms with Gasteiger partial charge in [0.25, 0.3) is 5.91 Å². The summed E-state index contributed by atoms with van der Waals surface area (Å²) in [6.07, 6.45) is 2.35.